The van der Waals surface area contributed by atoms with Gasteiger partial charge in [-0.05, 0) is 34.6 Å². The van der Waals surface area contributed by atoms with E-state index in [1.807, 2.05) is 6.92 Å². The molecule has 0 aromatic rings. The van der Waals surface area contributed by atoms with Gasteiger partial charge < -0.3 is 17.6 Å². The summed E-state index contributed by atoms with van der Waals surface area (Å²) in [5.41, 5.74) is 0. The van der Waals surface area contributed by atoms with Gasteiger partial charge in [0.2, 0.25) is 0 Å². The Bertz CT molecular complexity index is 52.4. The molecule has 0 aliphatic carbocycles. The first kappa shape index (κ1) is 29.2. The zero-order valence-corrected chi connectivity index (χ0v) is 11.4. The second kappa shape index (κ2) is 29.4. The third kappa shape index (κ3) is 9510. The van der Waals surface area contributed by atoms with E-state index in [0.717, 1.165) is 0 Å². The van der Waals surface area contributed by atoms with Crippen LogP contribution in [0.15, 0.2) is 12.7 Å². The number of allylic oxidation sites excluding steroid dienone is 1. The molecule has 3 heteroatoms. The molecule has 2 N–H and O–H groups in total. The minimum absolute atomic E-state index is 0. The SMILES string of the molecule is C=CC.CC(C)O.CC(C)O.[CH3-].[Ti]. The molecule has 13 heavy (non-hydrogen) atoms. The molecule has 0 fully saturated rings. The second-order valence-corrected chi connectivity index (χ2v) is 2.60. The third-order valence-electron chi connectivity index (χ3n) is 0. The van der Waals surface area contributed by atoms with Crippen molar-refractivity contribution in [2.24, 2.45) is 0 Å². The molecule has 0 aromatic heterocycles. The molecule has 0 aliphatic heterocycles. The van der Waals surface area contributed by atoms with Crippen LogP contribution in [0.1, 0.15) is 34.6 Å². The molecule has 0 heterocycles. The maximum Gasteiger partial charge on any atom is 0.0483 e. The van der Waals surface area contributed by atoms with Crippen LogP contribution >= 0.6 is 0 Å². The fraction of sp³-hybridized carbons (Fsp3) is 0.700. The van der Waals surface area contributed by atoms with Crippen molar-refractivity contribution in [3.05, 3.63) is 20.1 Å². The van der Waals surface area contributed by atoms with E-state index in [1.54, 1.807) is 33.8 Å². The molecule has 0 amide bonds. The van der Waals surface area contributed by atoms with Crippen molar-refractivity contribution in [3.8, 4) is 0 Å². The van der Waals surface area contributed by atoms with E-state index in [0.29, 0.717) is 0 Å². The molecule has 0 bridgehead atoms. The third-order valence-corrected chi connectivity index (χ3v) is 0. The maximum atomic E-state index is 8.06. The topological polar surface area (TPSA) is 40.5 Å². The molecule has 0 radical (unpaired) electrons. The Morgan fingerprint density at radius 2 is 1.00 bits per heavy atom. The Morgan fingerprint density at radius 1 is 1.00 bits per heavy atom. The zero-order chi connectivity index (χ0) is 9.86. The number of hydrogen-bond acceptors (Lipinski definition) is 2. The van der Waals surface area contributed by atoms with Gasteiger partial charge in [0.15, 0.2) is 0 Å². The van der Waals surface area contributed by atoms with Gasteiger partial charge in [0.1, 0.15) is 0 Å². The van der Waals surface area contributed by atoms with Gasteiger partial charge in [0.25, 0.3) is 0 Å². The summed E-state index contributed by atoms with van der Waals surface area (Å²) in [6.07, 6.45) is 1.42. The smallest absolute Gasteiger partial charge is 0.0483 e. The van der Waals surface area contributed by atoms with Crippen molar-refractivity contribution in [1.82, 2.24) is 0 Å². The Labute approximate surface area is 98.9 Å². The van der Waals surface area contributed by atoms with Crippen molar-refractivity contribution in [1.29, 1.82) is 0 Å². The molecule has 0 unspecified atom stereocenters. The van der Waals surface area contributed by atoms with Crippen LogP contribution in [0, 0.1) is 7.43 Å². The zero-order valence-electron chi connectivity index (χ0n) is 9.83. The number of aliphatic hydroxyl groups excluding tert-OH is 2. The van der Waals surface area contributed by atoms with Gasteiger partial charge in [-0.1, -0.05) is 6.08 Å². The predicted molar refractivity (Wildman–Crippen MR) is 57.0 cm³/mol. The Balaban J connectivity index is -0.0000000231. The van der Waals surface area contributed by atoms with Crippen LogP contribution in [0.5, 0.6) is 0 Å². The van der Waals surface area contributed by atoms with E-state index in [-0.39, 0.29) is 41.4 Å². The molecule has 82 valence electrons. The van der Waals surface area contributed by atoms with Crippen LogP contribution in [0.2, 0.25) is 0 Å². The number of aliphatic hydroxyl groups is 2. The van der Waals surface area contributed by atoms with E-state index >= 15 is 0 Å². The van der Waals surface area contributed by atoms with Crippen LogP contribution in [0.4, 0.5) is 0 Å². The minimum atomic E-state index is -0.167. The quantitative estimate of drug-likeness (QED) is 0.377. The average molecular weight is 225 g/mol. The van der Waals surface area contributed by atoms with Crippen molar-refractivity contribution in [2.45, 2.75) is 46.8 Å². The fourth-order valence-electron chi connectivity index (χ4n) is 0. The molecule has 0 rings (SSSR count). The van der Waals surface area contributed by atoms with E-state index in [4.69, 9.17) is 10.2 Å². The summed E-state index contributed by atoms with van der Waals surface area (Å²) in [7, 11) is 0. The van der Waals surface area contributed by atoms with Gasteiger partial charge in [-0.25, -0.2) is 0 Å². The Morgan fingerprint density at radius 3 is 1.00 bits per heavy atom. The van der Waals surface area contributed by atoms with Crippen molar-refractivity contribution < 1.29 is 31.9 Å². The van der Waals surface area contributed by atoms with Gasteiger partial charge in [-0.3, -0.25) is 0 Å². The molecule has 0 saturated heterocycles. The molecule has 0 aliphatic rings. The Hall–Kier alpha value is 0.374. The largest absolute Gasteiger partial charge is 0.394 e. The van der Waals surface area contributed by atoms with E-state index in [9.17, 15) is 0 Å². The van der Waals surface area contributed by atoms with Crippen molar-refractivity contribution in [2.75, 3.05) is 0 Å². The van der Waals surface area contributed by atoms with Crippen LogP contribution in [0.25, 0.3) is 0 Å². The van der Waals surface area contributed by atoms with Crippen LogP contribution in [-0.4, -0.2) is 22.4 Å². The van der Waals surface area contributed by atoms with Gasteiger partial charge >= 0.3 is 0 Å². The minimum Gasteiger partial charge on any atom is -0.394 e. The normalized spacial score (nSPS) is 6.54. The Kier molecular flexibility index (Phi) is 66.1. The van der Waals surface area contributed by atoms with Gasteiger partial charge in [-0.2, -0.15) is 0 Å². The number of hydrogen-bond donors (Lipinski definition) is 2. The van der Waals surface area contributed by atoms with Gasteiger partial charge in [0.05, 0.1) is 0 Å². The standard InChI is InChI=1S/2C3H8O.C3H6.CH3.Ti/c2*1-3(2)4;1-3-2;;/h2*3-4H,1-2H3;3H,1H2,2H3;1H3;/q;;;-1;. The molecule has 0 atom stereocenters. The summed E-state index contributed by atoms with van der Waals surface area (Å²) in [4.78, 5) is 0. The van der Waals surface area contributed by atoms with E-state index in [2.05, 4.69) is 6.58 Å². The van der Waals surface area contributed by atoms with Crippen LogP contribution in [-0.2, 0) is 21.7 Å². The first-order valence-corrected chi connectivity index (χ1v) is 3.81. The molecular formula is C10H25O2Ti-. The van der Waals surface area contributed by atoms with Gasteiger partial charge in [0, 0.05) is 33.9 Å². The van der Waals surface area contributed by atoms with Crippen LogP contribution in [0.3, 0.4) is 0 Å². The summed E-state index contributed by atoms with van der Waals surface area (Å²) in [6, 6.07) is 0. The van der Waals surface area contributed by atoms with Gasteiger partial charge in [-0.15, -0.1) is 6.58 Å². The van der Waals surface area contributed by atoms with Crippen molar-refractivity contribution in [3.63, 3.8) is 0 Å². The number of rotatable bonds is 0. The molecule has 0 spiro atoms. The molecular weight excluding hydrogens is 200 g/mol. The summed E-state index contributed by atoms with van der Waals surface area (Å²) in [5.74, 6) is 0. The first-order valence-electron chi connectivity index (χ1n) is 3.81. The van der Waals surface area contributed by atoms with Crippen molar-refractivity contribution >= 4 is 0 Å². The maximum absolute atomic E-state index is 8.06. The molecule has 0 saturated carbocycles. The first-order chi connectivity index (χ1) is 4.88. The predicted octanol–water partition coefficient (Wildman–Crippen LogP) is 2.41. The molecule has 2 nitrogen and oxygen atoms in total. The summed E-state index contributed by atoms with van der Waals surface area (Å²) < 4.78 is 0. The summed E-state index contributed by atoms with van der Waals surface area (Å²) >= 11 is 0. The second-order valence-electron chi connectivity index (χ2n) is 2.60. The van der Waals surface area contributed by atoms with Crippen LogP contribution < -0.4 is 0 Å². The monoisotopic (exact) mass is 225 g/mol. The molecule has 0 aromatic carbocycles. The average Bonchev–Trinajstić information content (AvgIpc) is 1.60. The summed E-state index contributed by atoms with van der Waals surface area (Å²) in [5, 5.41) is 16.1. The summed E-state index contributed by atoms with van der Waals surface area (Å²) in [6.45, 7) is 12.1. The van der Waals surface area contributed by atoms with E-state index < -0.39 is 0 Å². The fourth-order valence-corrected chi connectivity index (χ4v) is 0. The van der Waals surface area contributed by atoms with E-state index in [1.165, 1.54) is 0 Å².